The van der Waals surface area contributed by atoms with Crippen LogP contribution in [0.2, 0.25) is 0 Å². The normalized spacial score (nSPS) is 19.2. The van der Waals surface area contributed by atoms with E-state index in [1.165, 1.54) is 11.3 Å². The molecule has 1 aromatic heterocycles. The Bertz CT molecular complexity index is 399. The van der Waals surface area contributed by atoms with E-state index >= 15 is 0 Å². The number of hydrogen-bond donors (Lipinski definition) is 3. The quantitative estimate of drug-likeness (QED) is 0.737. The molecule has 5 nitrogen and oxygen atoms in total. The number of piperidine rings is 1. The Balaban J connectivity index is 1.69. The highest BCUT2D eigenvalue weighted by molar-refractivity contribution is 7.12. The minimum absolute atomic E-state index is 0.0350. The summed E-state index contributed by atoms with van der Waals surface area (Å²) in [4.78, 5) is 23.9. The fourth-order valence-electron chi connectivity index (χ4n) is 1.91. The third kappa shape index (κ3) is 3.82. The van der Waals surface area contributed by atoms with Crippen molar-refractivity contribution >= 4 is 23.2 Å². The fraction of sp³-hybridized carbons (Fsp3) is 0.500. The molecule has 0 aliphatic carbocycles. The van der Waals surface area contributed by atoms with E-state index in [2.05, 4.69) is 16.0 Å². The standard InChI is InChI=1S/C12H17N3O2S/c16-11(15-9-3-1-5-13-7-9)8-14-12(17)10-4-2-6-18-10/h2,4,6,9,13H,1,3,5,7-8H2,(H,14,17)(H,15,16)/t9-/m0/s1. The minimum atomic E-state index is -0.193. The second-order valence-electron chi connectivity index (χ2n) is 4.27. The fourth-order valence-corrected chi connectivity index (χ4v) is 2.55. The van der Waals surface area contributed by atoms with Crippen molar-refractivity contribution in [2.24, 2.45) is 0 Å². The third-order valence-electron chi connectivity index (χ3n) is 2.82. The van der Waals surface area contributed by atoms with E-state index in [1.54, 1.807) is 6.07 Å². The van der Waals surface area contributed by atoms with Crippen LogP contribution in [0.15, 0.2) is 17.5 Å². The van der Waals surface area contributed by atoms with Gasteiger partial charge in [0.1, 0.15) is 0 Å². The SMILES string of the molecule is O=C(CNC(=O)c1cccs1)N[C@H]1CCCNC1. The van der Waals surface area contributed by atoms with Gasteiger partial charge in [0.2, 0.25) is 5.91 Å². The first-order chi connectivity index (χ1) is 8.75. The van der Waals surface area contributed by atoms with Crippen LogP contribution in [-0.2, 0) is 4.79 Å². The predicted molar refractivity (Wildman–Crippen MR) is 70.7 cm³/mol. The van der Waals surface area contributed by atoms with E-state index in [-0.39, 0.29) is 24.4 Å². The van der Waals surface area contributed by atoms with E-state index in [0.29, 0.717) is 4.88 Å². The Hall–Kier alpha value is -1.40. The number of rotatable bonds is 4. The Kier molecular flexibility index (Phi) is 4.72. The van der Waals surface area contributed by atoms with Gasteiger partial charge in [-0.1, -0.05) is 6.07 Å². The molecule has 1 aliphatic rings. The molecule has 1 atom stereocenters. The monoisotopic (exact) mass is 267 g/mol. The van der Waals surface area contributed by atoms with Crippen molar-refractivity contribution in [1.29, 1.82) is 0 Å². The van der Waals surface area contributed by atoms with E-state index < -0.39 is 0 Å². The summed E-state index contributed by atoms with van der Waals surface area (Å²) in [7, 11) is 0. The zero-order valence-electron chi connectivity index (χ0n) is 10.1. The van der Waals surface area contributed by atoms with E-state index in [1.807, 2.05) is 11.4 Å². The molecule has 0 spiro atoms. The molecule has 2 amide bonds. The van der Waals surface area contributed by atoms with Crippen LogP contribution in [0.4, 0.5) is 0 Å². The van der Waals surface area contributed by atoms with Crippen molar-refractivity contribution in [3.8, 4) is 0 Å². The number of hydrogen-bond acceptors (Lipinski definition) is 4. The molecule has 0 radical (unpaired) electrons. The molecule has 3 N–H and O–H groups in total. The van der Waals surface area contributed by atoms with Crippen LogP contribution in [-0.4, -0.2) is 37.5 Å². The number of carbonyl (C=O) groups is 2. The van der Waals surface area contributed by atoms with Crippen LogP contribution in [0.25, 0.3) is 0 Å². The molecule has 2 rings (SSSR count). The zero-order valence-corrected chi connectivity index (χ0v) is 10.9. The smallest absolute Gasteiger partial charge is 0.261 e. The molecule has 1 aliphatic heterocycles. The van der Waals surface area contributed by atoms with Crippen molar-refractivity contribution in [2.45, 2.75) is 18.9 Å². The minimum Gasteiger partial charge on any atom is -0.351 e. The van der Waals surface area contributed by atoms with E-state index in [4.69, 9.17) is 0 Å². The average Bonchev–Trinajstić information content (AvgIpc) is 2.91. The molecule has 6 heteroatoms. The highest BCUT2D eigenvalue weighted by atomic mass is 32.1. The van der Waals surface area contributed by atoms with Crippen LogP contribution in [0.1, 0.15) is 22.5 Å². The second kappa shape index (κ2) is 6.51. The van der Waals surface area contributed by atoms with E-state index in [0.717, 1.165) is 25.9 Å². The molecule has 1 fully saturated rings. The van der Waals surface area contributed by atoms with E-state index in [9.17, 15) is 9.59 Å². The molecule has 1 saturated heterocycles. The van der Waals surface area contributed by atoms with Crippen molar-refractivity contribution in [3.05, 3.63) is 22.4 Å². The first-order valence-corrected chi connectivity index (χ1v) is 6.95. The molecule has 0 saturated carbocycles. The lowest BCUT2D eigenvalue weighted by Crippen LogP contribution is -2.48. The lowest BCUT2D eigenvalue weighted by Gasteiger charge is -2.23. The van der Waals surface area contributed by atoms with Gasteiger partial charge < -0.3 is 16.0 Å². The molecule has 18 heavy (non-hydrogen) atoms. The van der Waals surface area contributed by atoms with Gasteiger partial charge in [0.25, 0.3) is 5.91 Å². The first-order valence-electron chi connectivity index (χ1n) is 6.07. The summed E-state index contributed by atoms with van der Waals surface area (Å²) < 4.78 is 0. The molecule has 2 heterocycles. The van der Waals surface area contributed by atoms with Gasteiger partial charge in [0, 0.05) is 12.6 Å². The first kappa shape index (κ1) is 13.0. The molecular formula is C12H17N3O2S. The summed E-state index contributed by atoms with van der Waals surface area (Å²) in [6, 6.07) is 3.74. The van der Waals surface area contributed by atoms with Crippen molar-refractivity contribution in [2.75, 3.05) is 19.6 Å². The maximum absolute atomic E-state index is 11.6. The largest absolute Gasteiger partial charge is 0.351 e. The highest BCUT2D eigenvalue weighted by Gasteiger charge is 2.15. The van der Waals surface area contributed by atoms with Gasteiger partial charge in [-0.05, 0) is 30.8 Å². The Labute approximate surface area is 110 Å². The van der Waals surface area contributed by atoms with Crippen molar-refractivity contribution in [1.82, 2.24) is 16.0 Å². The third-order valence-corrected chi connectivity index (χ3v) is 3.69. The Morgan fingerprint density at radius 2 is 2.39 bits per heavy atom. The van der Waals surface area contributed by atoms with Gasteiger partial charge in [-0.2, -0.15) is 0 Å². The molecule has 0 aromatic carbocycles. The van der Waals surface area contributed by atoms with Gasteiger partial charge in [-0.15, -0.1) is 11.3 Å². The molecular weight excluding hydrogens is 250 g/mol. The lowest BCUT2D eigenvalue weighted by molar-refractivity contribution is -0.120. The summed E-state index contributed by atoms with van der Waals surface area (Å²) in [6.45, 7) is 1.86. The number of nitrogens with one attached hydrogen (secondary N) is 3. The number of carbonyl (C=O) groups excluding carboxylic acids is 2. The Morgan fingerprint density at radius 3 is 3.06 bits per heavy atom. The van der Waals surface area contributed by atoms with Crippen LogP contribution >= 0.6 is 11.3 Å². The summed E-state index contributed by atoms with van der Waals surface area (Å²) >= 11 is 1.36. The topological polar surface area (TPSA) is 70.2 Å². The van der Waals surface area contributed by atoms with Crippen LogP contribution in [0, 0.1) is 0 Å². The van der Waals surface area contributed by atoms with Gasteiger partial charge in [-0.25, -0.2) is 0 Å². The maximum atomic E-state index is 11.6. The van der Waals surface area contributed by atoms with Crippen LogP contribution in [0.5, 0.6) is 0 Å². The second-order valence-corrected chi connectivity index (χ2v) is 5.22. The van der Waals surface area contributed by atoms with Gasteiger partial charge in [0.05, 0.1) is 11.4 Å². The van der Waals surface area contributed by atoms with Crippen LogP contribution < -0.4 is 16.0 Å². The van der Waals surface area contributed by atoms with Gasteiger partial charge in [0.15, 0.2) is 0 Å². The lowest BCUT2D eigenvalue weighted by atomic mass is 10.1. The summed E-state index contributed by atoms with van der Waals surface area (Å²) in [5.41, 5.74) is 0. The molecule has 98 valence electrons. The molecule has 0 unspecified atom stereocenters. The number of thiophene rings is 1. The van der Waals surface area contributed by atoms with Crippen LogP contribution in [0.3, 0.4) is 0 Å². The summed E-state index contributed by atoms with van der Waals surface area (Å²) in [5.74, 6) is -0.324. The number of amides is 2. The summed E-state index contributed by atoms with van der Waals surface area (Å²) in [6.07, 6.45) is 2.07. The highest BCUT2D eigenvalue weighted by Crippen LogP contribution is 2.07. The molecule has 1 aromatic rings. The zero-order chi connectivity index (χ0) is 12.8. The van der Waals surface area contributed by atoms with Crippen molar-refractivity contribution < 1.29 is 9.59 Å². The average molecular weight is 267 g/mol. The predicted octanol–water partition coefficient (Wildman–Crippen LogP) is 0.346. The van der Waals surface area contributed by atoms with Gasteiger partial charge in [-0.3, -0.25) is 9.59 Å². The molecule has 0 bridgehead atoms. The van der Waals surface area contributed by atoms with Crippen molar-refractivity contribution in [3.63, 3.8) is 0 Å². The Morgan fingerprint density at radius 1 is 1.50 bits per heavy atom. The maximum Gasteiger partial charge on any atom is 0.261 e. The van der Waals surface area contributed by atoms with Gasteiger partial charge >= 0.3 is 0 Å². The summed E-state index contributed by atoms with van der Waals surface area (Å²) in [5, 5.41) is 10.6.